The predicted octanol–water partition coefficient (Wildman–Crippen LogP) is 3.77. The number of rotatable bonds is 5. The van der Waals surface area contributed by atoms with E-state index in [-0.39, 0.29) is 17.9 Å². The molecule has 0 atom stereocenters. The van der Waals surface area contributed by atoms with Crippen molar-refractivity contribution in [2.45, 2.75) is 50.5 Å². The Morgan fingerprint density at radius 1 is 0.875 bits per heavy atom. The zero-order valence-corrected chi connectivity index (χ0v) is 19.7. The number of aryl methyl sites for hydroxylation is 2. The van der Waals surface area contributed by atoms with Crippen LogP contribution in [0.4, 0.5) is 0 Å². The van der Waals surface area contributed by atoms with Gasteiger partial charge in [0.15, 0.2) is 0 Å². The summed E-state index contributed by atoms with van der Waals surface area (Å²) in [4.78, 5) is 15.3. The number of amides is 1. The van der Waals surface area contributed by atoms with Gasteiger partial charge in [0.2, 0.25) is 15.9 Å². The third-order valence-electron chi connectivity index (χ3n) is 6.72. The molecule has 0 saturated carbocycles. The highest BCUT2D eigenvalue weighted by Gasteiger charge is 2.35. The molecule has 6 nitrogen and oxygen atoms in total. The van der Waals surface area contributed by atoms with E-state index >= 15 is 0 Å². The van der Waals surface area contributed by atoms with Gasteiger partial charge in [0.05, 0.1) is 4.90 Å². The molecule has 7 heteroatoms. The Hall–Kier alpha value is -2.38. The van der Waals surface area contributed by atoms with Crippen LogP contribution in [0.15, 0.2) is 53.4 Å². The van der Waals surface area contributed by atoms with E-state index in [0.29, 0.717) is 43.9 Å². The number of nitrogens with zero attached hydrogens (tertiary/aromatic N) is 2. The van der Waals surface area contributed by atoms with E-state index in [2.05, 4.69) is 26.0 Å². The summed E-state index contributed by atoms with van der Waals surface area (Å²) in [6, 6.07) is 14.7. The Bertz CT molecular complexity index is 1040. The second kappa shape index (κ2) is 9.63. The van der Waals surface area contributed by atoms with Crippen LogP contribution in [-0.2, 0) is 14.8 Å². The van der Waals surface area contributed by atoms with Crippen LogP contribution in [0.5, 0.6) is 5.75 Å². The van der Waals surface area contributed by atoms with Gasteiger partial charge in [-0.3, -0.25) is 4.79 Å². The fourth-order valence-corrected chi connectivity index (χ4v) is 6.01. The number of carbonyl (C=O) groups excluding carboxylic acids is 1. The molecule has 4 rings (SSSR count). The van der Waals surface area contributed by atoms with Crippen molar-refractivity contribution >= 4 is 15.9 Å². The van der Waals surface area contributed by atoms with Crippen LogP contribution in [0.25, 0.3) is 0 Å². The molecule has 0 N–H and O–H groups in total. The number of piperidine rings is 2. The van der Waals surface area contributed by atoms with Crippen LogP contribution in [0.1, 0.15) is 36.8 Å². The monoisotopic (exact) mass is 456 g/mol. The first-order valence-electron chi connectivity index (χ1n) is 11.4. The van der Waals surface area contributed by atoms with Gasteiger partial charge in [-0.2, -0.15) is 4.31 Å². The normalized spacial score (nSPS) is 19.1. The minimum absolute atomic E-state index is 0.102. The van der Waals surface area contributed by atoms with Gasteiger partial charge in [-0.1, -0.05) is 24.3 Å². The molecule has 2 saturated heterocycles. The highest BCUT2D eigenvalue weighted by molar-refractivity contribution is 7.89. The second-order valence-electron chi connectivity index (χ2n) is 8.88. The molecule has 2 fully saturated rings. The lowest BCUT2D eigenvalue weighted by atomic mass is 9.95. The van der Waals surface area contributed by atoms with Crippen molar-refractivity contribution in [3.05, 3.63) is 59.7 Å². The maximum absolute atomic E-state index is 13.0. The summed E-state index contributed by atoms with van der Waals surface area (Å²) in [6.45, 7) is 6.33. The molecular weight excluding hydrogens is 424 g/mol. The second-order valence-corrected chi connectivity index (χ2v) is 10.8. The molecule has 1 amide bonds. The van der Waals surface area contributed by atoms with Crippen LogP contribution in [-0.4, -0.2) is 55.8 Å². The summed E-state index contributed by atoms with van der Waals surface area (Å²) < 4.78 is 33.3. The van der Waals surface area contributed by atoms with Gasteiger partial charge >= 0.3 is 0 Å². The van der Waals surface area contributed by atoms with Crippen molar-refractivity contribution < 1.29 is 17.9 Å². The maximum atomic E-state index is 13.0. The minimum Gasteiger partial charge on any atom is -0.490 e. The Kier molecular flexibility index (Phi) is 6.86. The van der Waals surface area contributed by atoms with Gasteiger partial charge in [-0.05, 0) is 62.1 Å². The average molecular weight is 457 g/mol. The number of sulfonamides is 1. The fourth-order valence-electron chi connectivity index (χ4n) is 4.52. The van der Waals surface area contributed by atoms with E-state index in [0.717, 1.165) is 18.6 Å². The lowest BCUT2D eigenvalue weighted by Crippen LogP contribution is -2.47. The maximum Gasteiger partial charge on any atom is 0.243 e. The number of hydrogen-bond donors (Lipinski definition) is 0. The molecule has 2 aromatic carbocycles. The zero-order valence-electron chi connectivity index (χ0n) is 18.9. The number of carbonyl (C=O) groups is 1. The summed E-state index contributed by atoms with van der Waals surface area (Å²) in [5.74, 6) is 0.950. The Morgan fingerprint density at radius 2 is 1.53 bits per heavy atom. The van der Waals surface area contributed by atoms with Crippen LogP contribution < -0.4 is 4.74 Å². The number of likely N-dealkylation sites (tertiary alicyclic amines) is 1. The van der Waals surface area contributed by atoms with Gasteiger partial charge in [0.1, 0.15) is 11.9 Å². The minimum atomic E-state index is -3.49. The molecule has 2 heterocycles. The summed E-state index contributed by atoms with van der Waals surface area (Å²) in [7, 11) is -3.49. The fraction of sp³-hybridized carbons (Fsp3) is 0.480. The lowest BCUT2D eigenvalue weighted by Gasteiger charge is -2.37. The largest absolute Gasteiger partial charge is 0.490 e. The van der Waals surface area contributed by atoms with Crippen LogP contribution in [0, 0.1) is 19.8 Å². The van der Waals surface area contributed by atoms with Gasteiger partial charge in [0.25, 0.3) is 0 Å². The Morgan fingerprint density at radius 3 is 2.16 bits per heavy atom. The molecule has 32 heavy (non-hydrogen) atoms. The molecule has 0 bridgehead atoms. The van der Waals surface area contributed by atoms with E-state index in [1.165, 1.54) is 15.4 Å². The van der Waals surface area contributed by atoms with Gasteiger partial charge in [-0.25, -0.2) is 8.42 Å². The summed E-state index contributed by atoms with van der Waals surface area (Å²) >= 11 is 0. The molecule has 0 aromatic heterocycles. The van der Waals surface area contributed by atoms with Crippen molar-refractivity contribution in [1.29, 1.82) is 0 Å². The molecule has 0 aliphatic carbocycles. The van der Waals surface area contributed by atoms with Crippen molar-refractivity contribution in [1.82, 2.24) is 9.21 Å². The third-order valence-corrected chi connectivity index (χ3v) is 8.63. The van der Waals surface area contributed by atoms with E-state index in [9.17, 15) is 13.2 Å². The van der Waals surface area contributed by atoms with Crippen LogP contribution in [0.3, 0.4) is 0 Å². The molecule has 0 unspecified atom stereocenters. The van der Waals surface area contributed by atoms with Crippen LogP contribution in [0.2, 0.25) is 0 Å². The smallest absolute Gasteiger partial charge is 0.243 e. The Labute approximate surface area is 191 Å². The molecule has 172 valence electrons. The summed E-state index contributed by atoms with van der Waals surface area (Å²) in [6.07, 6.45) is 2.91. The van der Waals surface area contributed by atoms with Crippen molar-refractivity contribution in [3.63, 3.8) is 0 Å². The SMILES string of the molecule is Cc1ccc(OC2CCN(C(=O)C3CCN(S(=O)(=O)c4ccccc4)CC3)CC2)cc1C. The van der Waals surface area contributed by atoms with Crippen molar-refractivity contribution in [2.24, 2.45) is 5.92 Å². The third kappa shape index (κ3) is 4.99. The molecule has 2 aliphatic heterocycles. The predicted molar refractivity (Wildman–Crippen MR) is 124 cm³/mol. The van der Waals surface area contributed by atoms with E-state index in [1.807, 2.05) is 11.0 Å². The average Bonchev–Trinajstić information content (AvgIpc) is 2.82. The summed E-state index contributed by atoms with van der Waals surface area (Å²) in [5.41, 5.74) is 2.47. The van der Waals surface area contributed by atoms with E-state index in [1.54, 1.807) is 30.3 Å². The van der Waals surface area contributed by atoms with Crippen molar-refractivity contribution in [2.75, 3.05) is 26.2 Å². The quantitative estimate of drug-likeness (QED) is 0.687. The molecule has 2 aliphatic rings. The standard InChI is InChI=1S/C25H32N2O4S/c1-19-8-9-23(18-20(19)2)31-22-12-14-26(15-13-22)25(28)21-10-16-27(17-11-21)32(29,30)24-6-4-3-5-7-24/h3-9,18,21-22H,10-17H2,1-2H3. The molecule has 2 aromatic rings. The molecule has 0 radical (unpaired) electrons. The van der Waals surface area contributed by atoms with Gasteiger partial charge in [0, 0.05) is 44.9 Å². The topological polar surface area (TPSA) is 66.9 Å². The Balaban J connectivity index is 1.27. The first kappa shape index (κ1) is 22.8. The molecule has 0 spiro atoms. The lowest BCUT2D eigenvalue weighted by molar-refractivity contribution is -0.138. The number of ether oxygens (including phenoxy) is 1. The molecular formula is C25H32N2O4S. The van der Waals surface area contributed by atoms with Crippen molar-refractivity contribution in [3.8, 4) is 5.75 Å². The highest BCUT2D eigenvalue weighted by Crippen LogP contribution is 2.27. The van der Waals surface area contributed by atoms with Gasteiger partial charge in [-0.15, -0.1) is 0 Å². The van der Waals surface area contributed by atoms with Gasteiger partial charge < -0.3 is 9.64 Å². The first-order valence-corrected chi connectivity index (χ1v) is 12.9. The first-order chi connectivity index (χ1) is 15.3. The summed E-state index contributed by atoms with van der Waals surface area (Å²) in [5, 5.41) is 0. The zero-order chi connectivity index (χ0) is 22.7. The van der Waals surface area contributed by atoms with E-state index in [4.69, 9.17) is 4.74 Å². The van der Waals surface area contributed by atoms with Crippen LogP contribution >= 0.6 is 0 Å². The van der Waals surface area contributed by atoms with E-state index < -0.39 is 10.0 Å². The highest BCUT2D eigenvalue weighted by atomic mass is 32.2. The number of hydrogen-bond acceptors (Lipinski definition) is 4. The number of benzene rings is 2.